The lowest BCUT2D eigenvalue weighted by atomic mass is 10.2. The van der Waals surface area contributed by atoms with Crippen LogP contribution in [0.1, 0.15) is 6.42 Å². The molecule has 0 aliphatic carbocycles. The molecule has 8 heteroatoms. The second-order valence-corrected chi connectivity index (χ2v) is 5.50. The Hall–Kier alpha value is -0.990. The van der Waals surface area contributed by atoms with E-state index in [1.807, 2.05) is 11.8 Å². The van der Waals surface area contributed by atoms with Crippen LogP contribution in [0.25, 0.3) is 0 Å². The average Bonchev–Trinajstić information content (AvgIpc) is 2.39. The number of carbonyl (C=O) groups is 2. The first-order valence-corrected chi connectivity index (χ1v) is 7.47. The Morgan fingerprint density at radius 2 is 1.84 bits per heavy atom. The van der Waals surface area contributed by atoms with Crippen molar-refractivity contribution in [3.8, 4) is 0 Å². The van der Waals surface area contributed by atoms with Crippen molar-refractivity contribution in [3.63, 3.8) is 0 Å². The molecule has 1 aliphatic heterocycles. The van der Waals surface area contributed by atoms with Crippen molar-refractivity contribution in [2.75, 3.05) is 44.2 Å². The van der Waals surface area contributed by atoms with Crippen LogP contribution in [0.5, 0.6) is 0 Å². The van der Waals surface area contributed by atoms with E-state index in [4.69, 9.17) is 10.2 Å². The number of hydrogen-bond acceptors (Lipinski definition) is 5. The maximum absolute atomic E-state index is 11.4. The topological polar surface area (TPSA) is 102 Å². The number of carbonyl (C=O) groups excluding carboxylic acids is 1. The molecule has 7 nitrogen and oxygen atoms in total. The van der Waals surface area contributed by atoms with Gasteiger partial charge in [0.05, 0.1) is 0 Å². The number of nitrogens with one attached hydrogen (secondary N) is 2. The van der Waals surface area contributed by atoms with Crippen molar-refractivity contribution < 1.29 is 19.8 Å². The molecular weight excluding hydrogens is 270 g/mol. The highest BCUT2D eigenvalue weighted by atomic mass is 32.2. The van der Waals surface area contributed by atoms with Gasteiger partial charge in [0.25, 0.3) is 0 Å². The van der Waals surface area contributed by atoms with Gasteiger partial charge in [-0.1, -0.05) is 0 Å². The number of carboxylic acids is 1. The number of thioether (sulfide) groups is 1. The summed E-state index contributed by atoms with van der Waals surface area (Å²) < 4.78 is 0. The number of aliphatic carboxylic acids is 1. The number of aliphatic hydroxyl groups is 1. The van der Waals surface area contributed by atoms with Crippen LogP contribution < -0.4 is 10.6 Å². The molecule has 1 saturated heterocycles. The first kappa shape index (κ1) is 16.1. The Labute approximate surface area is 116 Å². The van der Waals surface area contributed by atoms with E-state index in [9.17, 15) is 9.59 Å². The van der Waals surface area contributed by atoms with Crippen LogP contribution in [0.2, 0.25) is 0 Å². The average molecular weight is 291 g/mol. The van der Waals surface area contributed by atoms with Gasteiger partial charge < -0.3 is 20.8 Å². The molecule has 1 aliphatic rings. The van der Waals surface area contributed by atoms with E-state index in [1.54, 1.807) is 0 Å². The van der Waals surface area contributed by atoms with Gasteiger partial charge in [0.15, 0.2) is 6.10 Å². The van der Waals surface area contributed by atoms with Crippen molar-refractivity contribution in [1.82, 2.24) is 15.5 Å². The molecule has 0 aromatic carbocycles. The van der Waals surface area contributed by atoms with Gasteiger partial charge in [-0.05, 0) is 0 Å². The second kappa shape index (κ2) is 9.00. The minimum Gasteiger partial charge on any atom is -0.479 e. The third-order valence-corrected chi connectivity index (χ3v) is 3.75. The highest BCUT2D eigenvalue weighted by Gasteiger charge is 2.13. The Morgan fingerprint density at radius 1 is 1.21 bits per heavy atom. The minimum absolute atomic E-state index is 0.00605. The van der Waals surface area contributed by atoms with Crippen molar-refractivity contribution in [2.24, 2.45) is 0 Å². The molecule has 1 atom stereocenters. The summed E-state index contributed by atoms with van der Waals surface area (Å²) in [6.45, 7) is 3.64. The zero-order valence-corrected chi connectivity index (χ0v) is 11.6. The first-order chi connectivity index (χ1) is 9.09. The molecule has 0 saturated carbocycles. The number of carboxylic acid groups (broad SMARTS) is 1. The van der Waals surface area contributed by atoms with Gasteiger partial charge in [-0.3, -0.25) is 4.90 Å². The minimum atomic E-state index is -1.42. The SMILES string of the molecule is O=C(NCCC(O)C(=O)O)NCCN1CCSCC1. The summed E-state index contributed by atoms with van der Waals surface area (Å²) in [5, 5.41) is 22.7. The first-order valence-electron chi connectivity index (χ1n) is 6.32. The molecule has 0 aromatic heterocycles. The Kier molecular flexibility index (Phi) is 7.61. The maximum atomic E-state index is 11.4. The molecule has 4 N–H and O–H groups in total. The van der Waals surface area contributed by atoms with Crippen LogP contribution in [0, 0.1) is 0 Å². The van der Waals surface area contributed by atoms with E-state index >= 15 is 0 Å². The van der Waals surface area contributed by atoms with Crippen molar-refractivity contribution in [1.29, 1.82) is 0 Å². The quantitative estimate of drug-likeness (QED) is 0.488. The highest BCUT2D eigenvalue weighted by molar-refractivity contribution is 7.99. The van der Waals surface area contributed by atoms with Gasteiger partial charge in [0.2, 0.25) is 0 Å². The van der Waals surface area contributed by atoms with Crippen LogP contribution in [0.4, 0.5) is 4.79 Å². The summed E-state index contributed by atoms with van der Waals surface area (Å²) in [5.74, 6) is 1.00. The second-order valence-electron chi connectivity index (χ2n) is 4.28. The fourth-order valence-electron chi connectivity index (χ4n) is 1.66. The Morgan fingerprint density at radius 3 is 2.47 bits per heavy atom. The highest BCUT2D eigenvalue weighted by Crippen LogP contribution is 2.07. The summed E-state index contributed by atoms with van der Waals surface area (Å²) in [5.41, 5.74) is 0. The van der Waals surface area contributed by atoms with Gasteiger partial charge in [-0.15, -0.1) is 0 Å². The Bertz CT molecular complexity index is 298. The van der Waals surface area contributed by atoms with E-state index in [0.717, 1.165) is 31.1 Å². The van der Waals surface area contributed by atoms with Crippen LogP contribution in [0.3, 0.4) is 0 Å². The molecule has 1 rings (SSSR count). The summed E-state index contributed by atoms with van der Waals surface area (Å²) in [6, 6.07) is -0.330. The molecule has 0 spiro atoms. The zero-order chi connectivity index (χ0) is 14.1. The smallest absolute Gasteiger partial charge is 0.332 e. The predicted molar refractivity (Wildman–Crippen MR) is 73.4 cm³/mol. The maximum Gasteiger partial charge on any atom is 0.332 e. The van der Waals surface area contributed by atoms with Gasteiger partial charge in [0.1, 0.15) is 0 Å². The molecule has 1 unspecified atom stereocenters. The normalized spacial score (nSPS) is 17.7. The number of rotatable bonds is 7. The van der Waals surface area contributed by atoms with Crippen LogP contribution in [-0.2, 0) is 4.79 Å². The lowest BCUT2D eigenvalue weighted by Gasteiger charge is -2.26. The molecule has 0 radical (unpaired) electrons. The molecule has 110 valence electrons. The number of aliphatic hydroxyl groups excluding tert-OH is 1. The summed E-state index contributed by atoms with van der Waals surface area (Å²) in [6.07, 6.45) is -1.42. The third-order valence-electron chi connectivity index (χ3n) is 2.81. The van der Waals surface area contributed by atoms with E-state index in [-0.39, 0.29) is 19.0 Å². The monoisotopic (exact) mass is 291 g/mol. The number of amides is 2. The number of nitrogens with zero attached hydrogens (tertiary/aromatic N) is 1. The van der Waals surface area contributed by atoms with Crippen LogP contribution in [-0.4, -0.2) is 77.4 Å². The molecule has 1 fully saturated rings. The fraction of sp³-hybridized carbons (Fsp3) is 0.818. The van der Waals surface area contributed by atoms with Gasteiger partial charge >= 0.3 is 12.0 Å². The van der Waals surface area contributed by atoms with E-state index < -0.39 is 12.1 Å². The number of hydrogen-bond donors (Lipinski definition) is 4. The standard InChI is InChI=1S/C11H21N3O4S/c15-9(10(16)17)1-2-12-11(18)13-3-4-14-5-7-19-8-6-14/h9,15H,1-8H2,(H,16,17)(H2,12,13,18). The van der Waals surface area contributed by atoms with Gasteiger partial charge in [-0.2, -0.15) is 11.8 Å². The van der Waals surface area contributed by atoms with Gasteiger partial charge in [-0.25, -0.2) is 9.59 Å². The fourth-order valence-corrected chi connectivity index (χ4v) is 2.64. The molecule has 1 heterocycles. The molecule has 0 bridgehead atoms. The summed E-state index contributed by atoms with van der Waals surface area (Å²) in [7, 11) is 0. The van der Waals surface area contributed by atoms with Crippen LogP contribution in [0.15, 0.2) is 0 Å². The molecule has 2 amide bonds. The zero-order valence-electron chi connectivity index (χ0n) is 10.8. The lowest BCUT2D eigenvalue weighted by Crippen LogP contribution is -2.43. The number of urea groups is 1. The molecule has 19 heavy (non-hydrogen) atoms. The summed E-state index contributed by atoms with van der Waals surface area (Å²) >= 11 is 1.94. The summed E-state index contributed by atoms with van der Waals surface area (Å²) in [4.78, 5) is 24.0. The largest absolute Gasteiger partial charge is 0.479 e. The van der Waals surface area contributed by atoms with Crippen LogP contribution >= 0.6 is 11.8 Å². The predicted octanol–water partition coefficient (Wildman–Crippen LogP) is -0.830. The lowest BCUT2D eigenvalue weighted by molar-refractivity contribution is -0.146. The van der Waals surface area contributed by atoms with Crippen molar-refractivity contribution in [2.45, 2.75) is 12.5 Å². The van der Waals surface area contributed by atoms with E-state index in [0.29, 0.717) is 6.54 Å². The molecule has 0 aromatic rings. The van der Waals surface area contributed by atoms with Crippen molar-refractivity contribution >= 4 is 23.8 Å². The van der Waals surface area contributed by atoms with Crippen molar-refractivity contribution in [3.05, 3.63) is 0 Å². The van der Waals surface area contributed by atoms with E-state index in [1.165, 1.54) is 0 Å². The third kappa shape index (κ3) is 7.24. The van der Waals surface area contributed by atoms with E-state index in [2.05, 4.69) is 15.5 Å². The van der Waals surface area contributed by atoms with Gasteiger partial charge in [0, 0.05) is 50.7 Å². The molecular formula is C11H21N3O4S. The Balaban J connectivity index is 1.99.